The van der Waals surface area contributed by atoms with Gasteiger partial charge in [0.1, 0.15) is 5.84 Å². The van der Waals surface area contributed by atoms with Gasteiger partial charge in [-0.3, -0.25) is 5.41 Å². The molecule has 1 aromatic carbocycles. The first kappa shape index (κ1) is 9.85. The van der Waals surface area contributed by atoms with Crippen LogP contribution in [-0.2, 0) is 11.3 Å². The van der Waals surface area contributed by atoms with E-state index in [0.29, 0.717) is 11.9 Å². The number of hydrogen-bond acceptors (Lipinski definition) is 2. The third-order valence-electron chi connectivity index (χ3n) is 3.64. The monoisotopic (exact) mass is 216 g/mol. The van der Waals surface area contributed by atoms with Crippen molar-refractivity contribution < 1.29 is 4.74 Å². The van der Waals surface area contributed by atoms with Crippen LogP contribution in [0, 0.1) is 5.41 Å². The lowest BCUT2D eigenvalue weighted by atomic mass is 10.1. The number of hydrogen-bond donors (Lipinski definition) is 1. The Morgan fingerprint density at radius 3 is 2.88 bits per heavy atom. The van der Waals surface area contributed by atoms with Gasteiger partial charge in [0.2, 0.25) is 0 Å². The molecule has 84 valence electrons. The van der Waals surface area contributed by atoms with Gasteiger partial charge in [0.25, 0.3) is 0 Å². The van der Waals surface area contributed by atoms with Gasteiger partial charge in [-0.1, -0.05) is 24.3 Å². The van der Waals surface area contributed by atoms with E-state index in [-0.39, 0.29) is 6.10 Å². The highest BCUT2D eigenvalue weighted by Gasteiger charge is 2.35. The second-order valence-corrected chi connectivity index (χ2v) is 4.57. The van der Waals surface area contributed by atoms with Gasteiger partial charge in [-0.25, -0.2) is 0 Å². The highest BCUT2D eigenvalue weighted by molar-refractivity contribution is 6.00. The Labute approximate surface area is 95.5 Å². The summed E-state index contributed by atoms with van der Waals surface area (Å²) in [7, 11) is 0. The summed E-state index contributed by atoms with van der Waals surface area (Å²) in [5, 5.41) is 8.21. The third kappa shape index (κ3) is 1.35. The number of amidine groups is 1. The topological polar surface area (TPSA) is 36.3 Å². The second-order valence-electron chi connectivity index (χ2n) is 4.57. The van der Waals surface area contributed by atoms with E-state index in [0.717, 1.165) is 25.1 Å². The molecule has 0 bridgehead atoms. The predicted octanol–water partition coefficient (Wildman–Crippen LogP) is 2.00. The minimum Gasteiger partial charge on any atom is -0.376 e. The highest BCUT2D eigenvalue weighted by Crippen LogP contribution is 2.29. The summed E-state index contributed by atoms with van der Waals surface area (Å²) in [5.41, 5.74) is 2.35. The first-order valence-electron chi connectivity index (χ1n) is 5.82. The highest BCUT2D eigenvalue weighted by atomic mass is 16.5. The molecule has 2 heterocycles. The molecule has 3 heteroatoms. The van der Waals surface area contributed by atoms with Crippen molar-refractivity contribution in [3.05, 3.63) is 35.4 Å². The van der Waals surface area contributed by atoms with Crippen molar-refractivity contribution in [2.75, 3.05) is 6.61 Å². The van der Waals surface area contributed by atoms with E-state index in [2.05, 4.69) is 17.9 Å². The normalized spacial score (nSPS) is 28.6. The van der Waals surface area contributed by atoms with Crippen LogP contribution in [-0.4, -0.2) is 29.5 Å². The van der Waals surface area contributed by atoms with Gasteiger partial charge in [-0.15, -0.1) is 0 Å². The number of ether oxygens (including phenoxy) is 1. The maximum atomic E-state index is 8.21. The largest absolute Gasteiger partial charge is 0.376 e. The molecule has 3 nitrogen and oxygen atoms in total. The lowest BCUT2D eigenvalue weighted by Gasteiger charge is -2.27. The standard InChI is InChI=1S/C13H16N2O/c1-9-12(6-7-16-9)15-8-10-4-2-3-5-11(10)13(15)14/h2-5,9,12,14H,6-8H2,1H3. The van der Waals surface area contributed by atoms with Crippen molar-refractivity contribution in [2.45, 2.75) is 32.0 Å². The smallest absolute Gasteiger partial charge is 0.129 e. The van der Waals surface area contributed by atoms with Gasteiger partial charge in [0.15, 0.2) is 0 Å². The van der Waals surface area contributed by atoms with Crippen LogP contribution in [0.1, 0.15) is 24.5 Å². The molecule has 16 heavy (non-hydrogen) atoms. The fourth-order valence-electron chi connectivity index (χ4n) is 2.72. The van der Waals surface area contributed by atoms with E-state index in [4.69, 9.17) is 10.1 Å². The molecule has 1 aromatic rings. The first-order valence-corrected chi connectivity index (χ1v) is 5.82. The Bertz CT molecular complexity index is 430. The van der Waals surface area contributed by atoms with Crippen molar-refractivity contribution >= 4 is 5.84 Å². The van der Waals surface area contributed by atoms with Crippen molar-refractivity contribution in [3.63, 3.8) is 0 Å². The molecule has 2 atom stereocenters. The fourth-order valence-corrected chi connectivity index (χ4v) is 2.72. The summed E-state index contributed by atoms with van der Waals surface area (Å²) in [5.74, 6) is 0.665. The fraction of sp³-hybridized carbons (Fsp3) is 0.462. The van der Waals surface area contributed by atoms with Crippen molar-refractivity contribution in [3.8, 4) is 0 Å². The van der Waals surface area contributed by atoms with Crippen molar-refractivity contribution in [2.24, 2.45) is 0 Å². The molecule has 0 amide bonds. The van der Waals surface area contributed by atoms with Crippen LogP contribution >= 0.6 is 0 Å². The number of fused-ring (bicyclic) bond motifs is 1. The maximum absolute atomic E-state index is 8.21. The molecule has 0 spiro atoms. The summed E-state index contributed by atoms with van der Waals surface area (Å²) < 4.78 is 5.59. The van der Waals surface area contributed by atoms with Crippen LogP contribution in [0.15, 0.2) is 24.3 Å². The van der Waals surface area contributed by atoms with Crippen LogP contribution in [0.3, 0.4) is 0 Å². The zero-order chi connectivity index (χ0) is 11.1. The van der Waals surface area contributed by atoms with Crippen LogP contribution in [0.25, 0.3) is 0 Å². The Balaban J connectivity index is 1.89. The average Bonchev–Trinajstić information content (AvgIpc) is 2.84. The summed E-state index contributed by atoms with van der Waals surface area (Å²) in [6, 6.07) is 8.58. The zero-order valence-corrected chi connectivity index (χ0v) is 9.44. The van der Waals surface area contributed by atoms with Crippen molar-refractivity contribution in [1.82, 2.24) is 4.90 Å². The quantitative estimate of drug-likeness (QED) is 0.779. The number of nitrogens with zero attached hydrogens (tertiary/aromatic N) is 1. The van der Waals surface area contributed by atoms with Gasteiger partial charge in [-0.05, 0) is 18.9 Å². The molecule has 0 saturated carbocycles. The molecule has 1 fully saturated rings. The minimum atomic E-state index is 0.245. The van der Waals surface area contributed by atoms with Gasteiger partial charge >= 0.3 is 0 Å². The second kappa shape index (κ2) is 3.59. The molecule has 1 N–H and O–H groups in total. The van der Waals surface area contributed by atoms with E-state index in [9.17, 15) is 0 Å². The molecule has 0 radical (unpaired) electrons. The van der Waals surface area contributed by atoms with Gasteiger partial charge in [0, 0.05) is 18.7 Å². The van der Waals surface area contributed by atoms with E-state index < -0.39 is 0 Å². The summed E-state index contributed by atoms with van der Waals surface area (Å²) in [6.45, 7) is 3.80. The number of rotatable bonds is 1. The van der Waals surface area contributed by atoms with E-state index >= 15 is 0 Å². The number of nitrogens with one attached hydrogen (secondary N) is 1. The average molecular weight is 216 g/mol. The molecule has 0 aromatic heterocycles. The molecule has 2 aliphatic heterocycles. The summed E-state index contributed by atoms with van der Waals surface area (Å²) >= 11 is 0. The first-order chi connectivity index (χ1) is 7.77. The van der Waals surface area contributed by atoms with Crippen LogP contribution in [0.5, 0.6) is 0 Å². The van der Waals surface area contributed by atoms with Gasteiger partial charge in [0.05, 0.1) is 12.1 Å². The minimum absolute atomic E-state index is 0.245. The Kier molecular flexibility index (Phi) is 2.21. The van der Waals surface area contributed by atoms with E-state index in [1.807, 2.05) is 18.2 Å². The summed E-state index contributed by atoms with van der Waals surface area (Å²) in [6.07, 6.45) is 1.28. The summed E-state index contributed by atoms with van der Waals surface area (Å²) in [4.78, 5) is 2.18. The predicted molar refractivity (Wildman–Crippen MR) is 62.6 cm³/mol. The van der Waals surface area contributed by atoms with Gasteiger partial charge < -0.3 is 9.64 Å². The molecular weight excluding hydrogens is 200 g/mol. The van der Waals surface area contributed by atoms with Crippen LogP contribution < -0.4 is 0 Å². The van der Waals surface area contributed by atoms with E-state index in [1.54, 1.807) is 0 Å². The molecule has 3 rings (SSSR count). The SMILES string of the molecule is CC1OCCC1N1Cc2ccccc2C1=N. The molecule has 0 aliphatic carbocycles. The lowest BCUT2D eigenvalue weighted by molar-refractivity contribution is 0.0948. The van der Waals surface area contributed by atoms with Gasteiger partial charge in [-0.2, -0.15) is 0 Å². The Morgan fingerprint density at radius 1 is 1.38 bits per heavy atom. The molecule has 1 saturated heterocycles. The zero-order valence-electron chi connectivity index (χ0n) is 9.44. The third-order valence-corrected chi connectivity index (χ3v) is 3.64. The van der Waals surface area contributed by atoms with E-state index in [1.165, 1.54) is 5.56 Å². The molecule has 2 aliphatic rings. The lowest BCUT2D eigenvalue weighted by Crippen LogP contribution is -2.39. The Morgan fingerprint density at radius 2 is 2.19 bits per heavy atom. The number of benzene rings is 1. The molecular formula is C13H16N2O. The maximum Gasteiger partial charge on any atom is 0.129 e. The Hall–Kier alpha value is -1.35. The van der Waals surface area contributed by atoms with Crippen LogP contribution in [0.4, 0.5) is 0 Å². The molecule has 2 unspecified atom stereocenters. The van der Waals surface area contributed by atoms with Crippen molar-refractivity contribution in [1.29, 1.82) is 5.41 Å². The van der Waals surface area contributed by atoms with Crippen LogP contribution in [0.2, 0.25) is 0 Å².